The second-order valence-electron chi connectivity index (χ2n) is 1.68. The van der Waals surface area contributed by atoms with Crippen LogP contribution in [0.25, 0.3) is 0 Å². The minimum absolute atomic E-state index is 0.355. The SMILES string of the molecule is COC(=O)c1sccc1OI. The van der Waals surface area contributed by atoms with Crippen LogP contribution in [0.4, 0.5) is 0 Å². The van der Waals surface area contributed by atoms with Gasteiger partial charge in [-0.25, -0.2) is 4.79 Å². The lowest BCUT2D eigenvalue weighted by Crippen LogP contribution is -1.98. The van der Waals surface area contributed by atoms with Gasteiger partial charge in [0.1, 0.15) is 0 Å². The van der Waals surface area contributed by atoms with Crippen LogP contribution in [-0.2, 0) is 4.74 Å². The van der Waals surface area contributed by atoms with Crippen molar-refractivity contribution < 1.29 is 12.6 Å². The summed E-state index contributed by atoms with van der Waals surface area (Å²) in [4.78, 5) is 11.5. The van der Waals surface area contributed by atoms with E-state index in [2.05, 4.69) is 4.74 Å². The van der Waals surface area contributed by atoms with Gasteiger partial charge in [-0.15, -0.1) is 11.3 Å². The fraction of sp³-hybridized carbons (Fsp3) is 0.167. The molecule has 11 heavy (non-hydrogen) atoms. The molecule has 0 saturated heterocycles. The van der Waals surface area contributed by atoms with Crippen LogP contribution in [0.15, 0.2) is 11.4 Å². The molecule has 0 aliphatic rings. The van der Waals surface area contributed by atoms with Gasteiger partial charge in [-0.3, -0.25) is 0 Å². The van der Waals surface area contributed by atoms with Gasteiger partial charge >= 0.3 is 5.97 Å². The number of ether oxygens (including phenoxy) is 1. The molecule has 0 aromatic carbocycles. The second kappa shape index (κ2) is 3.91. The number of esters is 1. The van der Waals surface area contributed by atoms with Crippen LogP contribution in [0.3, 0.4) is 0 Å². The first-order valence-corrected chi connectivity index (χ1v) is 4.50. The molecule has 0 unspecified atom stereocenters. The molecular weight excluding hydrogens is 279 g/mol. The molecule has 5 heteroatoms. The van der Waals surface area contributed by atoms with Crippen LogP contribution < -0.4 is 3.07 Å². The van der Waals surface area contributed by atoms with Crippen LogP contribution in [-0.4, -0.2) is 13.1 Å². The lowest BCUT2D eigenvalue weighted by Gasteiger charge is -1.96. The van der Waals surface area contributed by atoms with Crippen molar-refractivity contribution in [1.29, 1.82) is 0 Å². The van der Waals surface area contributed by atoms with Gasteiger partial charge in [-0.2, -0.15) is 0 Å². The van der Waals surface area contributed by atoms with Crippen molar-refractivity contribution in [2.75, 3.05) is 7.11 Å². The molecule has 1 aromatic rings. The summed E-state index contributed by atoms with van der Waals surface area (Å²) in [7, 11) is 1.35. The molecule has 60 valence electrons. The van der Waals surface area contributed by atoms with E-state index in [-0.39, 0.29) is 5.97 Å². The number of carbonyl (C=O) groups excluding carboxylic acids is 1. The van der Waals surface area contributed by atoms with Crippen LogP contribution in [0.2, 0.25) is 0 Å². The first kappa shape index (κ1) is 8.79. The summed E-state index contributed by atoms with van der Waals surface area (Å²) in [6.07, 6.45) is 0. The van der Waals surface area contributed by atoms with Crippen molar-refractivity contribution in [3.8, 4) is 5.75 Å². The normalized spacial score (nSPS) is 9.27. The third-order valence-corrected chi connectivity index (χ3v) is 2.43. The number of methoxy groups -OCH3 is 1. The number of thiophene rings is 1. The molecule has 0 radical (unpaired) electrons. The Kier molecular flexibility index (Phi) is 3.13. The summed E-state index contributed by atoms with van der Waals surface area (Å²) in [6.45, 7) is 0. The Morgan fingerprint density at radius 1 is 1.73 bits per heavy atom. The second-order valence-corrected chi connectivity index (χ2v) is 3.04. The molecule has 1 aromatic heterocycles. The molecule has 0 aliphatic heterocycles. The monoisotopic (exact) mass is 284 g/mol. The smallest absolute Gasteiger partial charge is 0.351 e. The molecule has 0 bridgehead atoms. The number of hydrogen-bond acceptors (Lipinski definition) is 4. The van der Waals surface area contributed by atoms with Crippen molar-refractivity contribution in [1.82, 2.24) is 0 Å². The number of carbonyl (C=O) groups is 1. The average Bonchev–Trinajstić information content (AvgIpc) is 2.50. The number of halogens is 1. The Morgan fingerprint density at radius 3 is 3.00 bits per heavy atom. The van der Waals surface area contributed by atoms with Gasteiger partial charge in [0.15, 0.2) is 33.6 Å². The van der Waals surface area contributed by atoms with E-state index in [0.29, 0.717) is 10.6 Å². The van der Waals surface area contributed by atoms with E-state index in [1.807, 2.05) is 0 Å². The summed E-state index contributed by atoms with van der Waals surface area (Å²) in [5.41, 5.74) is 0. The van der Waals surface area contributed by atoms with Crippen molar-refractivity contribution in [3.63, 3.8) is 0 Å². The molecule has 0 atom stereocenters. The highest BCUT2D eigenvalue weighted by molar-refractivity contribution is 14.1. The topological polar surface area (TPSA) is 35.5 Å². The molecule has 0 N–H and O–H groups in total. The number of rotatable bonds is 2. The highest BCUT2D eigenvalue weighted by Crippen LogP contribution is 2.26. The first-order valence-electron chi connectivity index (χ1n) is 2.74. The van der Waals surface area contributed by atoms with Crippen molar-refractivity contribution in [2.24, 2.45) is 0 Å². The van der Waals surface area contributed by atoms with Gasteiger partial charge in [0.05, 0.1) is 7.11 Å². The maximum absolute atomic E-state index is 11.0. The van der Waals surface area contributed by atoms with Crippen molar-refractivity contribution in [3.05, 3.63) is 16.3 Å². The zero-order chi connectivity index (χ0) is 8.27. The Morgan fingerprint density at radius 2 is 2.45 bits per heavy atom. The summed E-state index contributed by atoms with van der Waals surface area (Å²) in [5.74, 6) is 0.203. The van der Waals surface area contributed by atoms with Crippen LogP contribution in [0.1, 0.15) is 9.67 Å². The molecule has 0 aliphatic carbocycles. The average molecular weight is 284 g/mol. The molecular formula is C6H5IO3S. The maximum Gasteiger partial charge on any atom is 0.351 e. The molecule has 1 rings (SSSR count). The predicted molar refractivity (Wildman–Crippen MR) is 50.3 cm³/mol. The molecule has 0 amide bonds. The van der Waals surface area contributed by atoms with Gasteiger partial charge < -0.3 is 7.80 Å². The predicted octanol–water partition coefficient (Wildman–Crippen LogP) is 2.26. The van der Waals surface area contributed by atoms with Crippen molar-refractivity contribution in [2.45, 2.75) is 0 Å². The van der Waals surface area contributed by atoms with E-state index in [9.17, 15) is 4.79 Å². The minimum atomic E-state index is -0.355. The van der Waals surface area contributed by atoms with Gasteiger partial charge in [0.25, 0.3) is 0 Å². The van der Waals surface area contributed by atoms with Crippen LogP contribution >= 0.6 is 34.3 Å². The highest BCUT2D eigenvalue weighted by Gasteiger charge is 2.13. The summed E-state index contributed by atoms with van der Waals surface area (Å²) < 4.78 is 9.41. The fourth-order valence-corrected chi connectivity index (χ4v) is 1.85. The van der Waals surface area contributed by atoms with E-state index in [4.69, 9.17) is 3.07 Å². The summed E-state index contributed by atoms with van der Waals surface area (Å²) >= 11 is 3.03. The van der Waals surface area contributed by atoms with Gasteiger partial charge in [0, 0.05) is 0 Å². The third kappa shape index (κ3) is 1.84. The number of hydrogen-bond donors (Lipinski definition) is 0. The summed E-state index contributed by atoms with van der Waals surface area (Å²) in [5, 5.41) is 1.78. The van der Waals surface area contributed by atoms with E-state index < -0.39 is 0 Å². The zero-order valence-electron chi connectivity index (χ0n) is 5.67. The highest BCUT2D eigenvalue weighted by atomic mass is 127. The van der Waals surface area contributed by atoms with Crippen LogP contribution in [0.5, 0.6) is 5.75 Å². The lowest BCUT2D eigenvalue weighted by atomic mass is 10.4. The Balaban J connectivity index is 2.92. The first-order chi connectivity index (χ1) is 5.29. The molecule has 0 saturated carbocycles. The fourth-order valence-electron chi connectivity index (χ4n) is 0.600. The lowest BCUT2D eigenvalue weighted by molar-refractivity contribution is 0.0605. The molecule has 1 heterocycles. The Labute approximate surface area is 82.0 Å². The largest absolute Gasteiger partial charge is 0.465 e. The standard InChI is InChI=1S/C6H5IO3S/c1-9-6(8)5-4(10-7)2-3-11-5/h2-3H,1H3. The van der Waals surface area contributed by atoms with E-state index >= 15 is 0 Å². The van der Waals surface area contributed by atoms with Gasteiger partial charge in [0.2, 0.25) is 0 Å². The van der Waals surface area contributed by atoms with E-state index in [0.717, 1.165) is 0 Å². The van der Waals surface area contributed by atoms with Gasteiger partial charge in [-0.05, 0) is 11.4 Å². The minimum Gasteiger partial charge on any atom is -0.465 e. The summed E-state index contributed by atoms with van der Waals surface area (Å²) in [6, 6.07) is 1.73. The van der Waals surface area contributed by atoms with Gasteiger partial charge in [-0.1, -0.05) is 0 Å². The maximum atomic E-state index is 11.0. The molecule has 0 spiro atoms. The van der Waals surface area contributed by atoms with Crippen LogP contribution in [0, 0.1) is 0 Å². The van der Waals surface area contributed by atoms with E-state index in [1.165, 1.54) is 18.4 Å². The van der Waals surface area contributed by atoms with E-state index in [1.54, 1.807) is 34.5 Å². The quantitative estimate of drug-likeness (QED) is 0.617. The Bertz CT molecular complexity index is 258. The zero-order valence-corrected chi connectivity index (χ0v) is 8.64. The molecule has 0 fully saturated rings. The van der Waals surface area contributed by atoms with Crippen molar-refractivity contribution >= 4 is 40.3 Å². The molecule has 3 nitrogen and oxygen atoms in total. The Hall–Kier alpha value is -0.300. The third-order valence-electron chi connectivity index (χ3n) is 1.08.